The molecule has 3 amide bonds. The molecule has 1 heterocycles. The second-order valence-electron chi connectivity index (χ2n) is 17.4. The summed E-state index contributed by atoms with van der Waals surface area (Å²) in [5, 5.41) is 10.8. The van der Waals surface area contributed by atoms with Crippen LogP contribution >= 0.6 is 0 Å². The van der Waals surface area contributed by atoms with E-state index in [0.29, 0.717) is 30.5 Å². The van der Waals surface area contributed by atoms with Gasteiger partial charge in [0, 0.05) is 43.4 Å². The smallest absolute Gasteiger partial charge is 0.311 e. The molecule has 0 aliphatic carbocycles. The fourth-order valence-electron chi connectivity index (χ4n) is 7.81. The van der Waals surface area contributed by atoms with Crippen LogP contribution in [0.3, 0.4) is 0 Å². The highest BCUT2D eigenvalue weighted by molar-refractivity contribution is 5.87. The van der Waals surface area contributed by atoms with Gasteiger partial charge in [0.15, 0.2) is 6.54 Å². The standard InChI is InChI=1S/C46H77N7O7/c1-9-46(24-15-20-33(5)19-14-18-32(4)17-13-16-31(2)3)25-23-38-36(8)43(34(6)35(7)44(38)60-46)59-42(56)22-21-40(54)50-27-12-10-11-26-49-29-37(53-48)28-39(45(47)57)52-41(55)30-51-58/h9,29,31-33,39,49,53H,1,10-28,30,48H2,2-8H3,(H2,47,57)(H,50,54)(H,52,55)/b37-29-/t32-,33-,39+,46-/m1/s1. The van der Waals surface area contributed by atoms with Gasteiger partial charge in [-0.3, -0.25) is 25.0 Å². The number of hydrogen-bond donors (Lipinski definition) is 6. The Morgan fingerprint density at radius 1 is 0.867 bits per heavy atom. The largest absolute Gasteiger partial charge is 0.483 e. The number of nitrogens with one attached hydrogen (secondary N) is 4. The number of nitrogens with zero attached hydrogens (tertiary/aromatic N) is 1. The summed E-state index contributed by atoms with van der Waals surface area (Å²) in [4.78, 5) is 59.1. The van der Waals surface area contributed by atoms with Gasteiger partial charge in [-0.25, -0.2) is 0 Å². The molecule has 60 heavy (non-hydrogen) atoms. The first-order valence-corrected chi connectivity index (χ1v) is 22.3. The number of ether oxygens (including phenoxy) is 2. The summed E-state index contributed by atoms with van der Waals surface area (Å²) in [5.74, 6) is 7.11. The van der Waals surface area contributed by atoms with Crippen molar-refractivity contribution in [3.05, 3.63) is 51.7 Å². The minimum Gasteiger partial charge on any atom is -0.483 e. The van der Waals surface area contributed by atoms with Crippen molar-refractivity contribution in [2.24, 2.45) is 34.5 Å². The quantitative estimate of drug-likeness (QED) is 0.00835. The monoisotopic (exact) mass is 840 g/mol. The number of rotatable bonds is 31. The van der Waals surface area contributed by atoms with Crippen LogP contribution in [-0.4, -0.2) is 55.0 Å². The lowest BCUT2D eigenvalue weighted by atomic mass is 9.82. The Hall–Kier alpha value is -4.46. The normalized spacial score (nSPS) is 16.4. The number of fused-ring (bicyclic) bond motifs is 1. The number of nitroso groups, excluding NO2 is 1. The molecule has 0 fully saturated rings. The minimum atomic E-state index is -1.06. The third-order valence-electron chi connectivity index (χ3n) is 11.8. The zero-order valence-electron chi connectivity index (χ0n) is 37.8. The molecule has 1 aliphatic rings. The fraction of sp³-hybridized carbons (Fsp3) is 0.696. The molecule has 14 heteroatoms. The van der Waals surface area contributed by atoms with E-state index < -0.39 is 36.0 Å². The van der Waals surface area contributed by atoms with Crippen LogP contribution in [0.2, 0.25) is 0 Å². The fourth-order valence-corrected chi connectivity index (χ4v) is 7.81. The average molecular weight is 840 g/mol. The number of amides is 3. The van der Waals surface area contributed by atoms with Gasteiger partial charge < -0.3 is 36.6 Å². The number of unbranched alkanes of at least 4 members (excludes halogenated alkanes) is 2. The number of nitrogens with two attached hydrogens (primary N) is 2. The number of hydrazine groups is 1. The molecule has 0 aromatic heterocycles. The molecule has 8 N–H and O–H groups in total. The van der Waals surface area contributed by atoms with Gasteiger partial charge in [-0.1, -0.05) is 84.4 Å². The van der Waals surface area contributed by atoms with Gasteiger partial charge >= 0.3 is 5.97 Å². The summed E-state index contributed by atoms with van der Waals surface area (Å²) in [6, 6.07) is -1.06. The first-order chi connectivity index (χ1) is 28.6. The van der Waals surface area contributed by atoms with E-state index in [1.165, 1.54) is 44.9 Å². The summed E-state index contributed by atoms with van der Waals surface area (Å²) in [5.41, 5.74) is 11.6. The minimum absolute atomic E-state index is 0.000741. The van der Waals surface area contributed by atoms with Gasteiger partial charge in [-0.2, -0.15) is 4.91 Å². The molecule has 4 atom stereocenters. The lowest BCUT2D eigenvalue weighted by Gasteiger charge is -2.39. The van der Waals surface area contributed by atoms with Gasteiger partial charge in [0.1, 0.15) is 23.1 Å². The van der Waals surface area contributed by atoms with Crippen LogP contribution in [0, 0.1) is 43.4 Å². The summed E-state index contributed by atoms with van der Waals surface area (Å²) >= 11 is 0. The molecule has 1 aromatic carbocycles. The second-order valence-corrected chi connectivity index (χ2v) is 17.4. The van der Waals surface area contributed by atoms with Crippen molar-refractivity contribution in [3.8, 4) is 11.5 Å². The van der Waals surface area contributed by atoms with Gasteiger partial charge in [0.25, 0.3) is 0 Å². The second kappa shape index (κ2) is 27.4. The Bertz CT molecular complexity index is 1600. The van der Waals surface area contributed by atoms with Crippen LogP contribution in [-0.2, 0) is 25.6 Å². The molecule has 0 bridgehead atoms. The van der Waals surface area contributed by atoms with Gasteiger partial charge in [0.2, 0.25) is 17.7 Å². The Morgan fingerprint density at radius 3 is 2.13 bits per heavy atom. The van der Waals surface area contributed by atoms with Crippen molar-refractivity contribution in [3.63, 3.8) is 0 Å². The number of benzene rings is 1. The maximum absolute atomic E-state index is 13.0. The highest BCUT2D eigenvalue weighted by atomic mass is 16.5. The molecule has 0 radical (unpaired) electrons. The van der Waals surface area contributed by atoms with Gasteiger partial charge in [-0.05, 0) is 106 Å². The third-order valence-corrected chi connectivity index (χ3v) is 11.8. The van der Waals surface area contributed by atoms with E-state index >= 15 is 0 Å². The highest BCUT2D eigenvalue weighted by Gasteiger charge is 2.36. The zero-order valence-corrected chi connectivity index (χ0v) is 37.8. The predicted octanol–water partition coefficient (Wildman–Crippen LogP) is 7.29. The number of hydrogen-bond acceptors (Lipinski definition) is 11. The van der Waals surface area contributed by atoms with E-state index in [4.69, 9.17) is 21.1 Å². The molecule has 0 spiro atoms. The van der Waals surface area contributed by atoms with Gasteiger partial charge in [0.05, 0.1) is 6.42 Å². The Labute approximate surface area is 359 Å². The average Bonchev–Trinajstić information content (AvgIpc) is 3.20. The van der Waals surface area contributed by atoms with Crippen molar-refractivity contribution in [1.82, 2.24) is 21.4 Å². The number of carbonyl (C=O) groups is 4. The lowest BCUT2D eigenvalue weighted by molar-refractivity contribution is -0.136. The molecule has 0 unspecified atom stereocenters. The van der Waals surface area contributed by atoms with Crippen LogP contribution in [0.15, 0.2) is 29.7 Å². The molecule has 2 rings (SSSR count). The molecule has 1 aliphatic heterocycles. The van der Waals surface area contributed by atoms with Crippen molar-refractivity contribution < 1.29 is 28.7 Å². The van der Waals surface area contributed by atoms with E-state index in [1.807, 2.05) is 26.8 Å². The first-order valence-electron chi connectivity index (χ1n) is 22.3. The third kappa shape index (κ3) is 18.4. The Balaban J connectivity index is 1.76. The molecule has 338 valence electrons. The van der Waals surface area contributed by atoms with E-state index in [1.54, 1.807) is 6.20 Å². The van der Waals surface area contributed by atoms with Crippen LogP contribution in [0.5, 0.6) is 11.5 Å². The predicted molar refractivity (Wildman–Crippen MR) is 239 cm³/mol. The Morgan fingerprint density at radius 2 is 1.52 bits per heavy atom. The highest BCUT2D eigenvalue weighted by Crippen LogP contribution is 2.45. The Kier molecular flexibility index (Phi) is 23.6. The first kappa shape index (κ1) is 51.7. The molecule has 14 nitrogen and oxygen atoms in total. The van der Waals surface area contributed by atoms with Gasteiger partial charge in [-0.15, -0.1) is 0 Å². The molecule has 1 aromatic rings. The molecular formula is C46H77N7O7. The van der Waals surface area contributed by atoms with Crippen LogP contribution in [0.4, 0.5) is 0 Å². The van der Waals surface area contributed by atoms with Crippen molar-refractivity contribution >= 4 is 23.7 Å². The van der Waals surface area contributed by atoms with Crippen LogP contribution in [0.25, 0.3) is 0 Å². The van der Waals surface area contributed by atoms with E-state index in [0.717, 1.165) is 84.8 Å². The summed E-state index contributed by atoms with van der Waals surface area (Å²) in [7, 11) is 0. The lowest BCUT2D eigenvalue weighted by Crippen LogP contribution is -2.46. The molecule has 0 saturated carbocycles. The maximum atomic E-state index is 13.0. The topological polar surface area (TPSA) is 216 Å². The molecule has 0 saturated heterocycles. The van der Waals surface area contributed by atoms with Crippen molar-refractivity contribution in [2.45, 2.75) is 169 Å². The summed E-state index contributed by atoms with van der Waals surface area (Å²) < 4.78 is 12.7. The molecular weight excluding hydrogens is 763 g/mol. The van der Waals surface area contributed by atoms with E-state index in [-0.39, 0.29) is 25.2 Å². The van der Waals surface area contributed by atoms with Crippen molar-refractivity contribution in [2.75, 3.05) is 19.6 Å². The SMILES string of the molecule is C=C[C@@]1(CCC[C@H](C)CCC[C@H](C)CCCC(C)C)CCc2c(C)c(OC(=O)CCC(=O)NCCCCCN/C=C(/C[C@H](NC(=O)CN=O)C(N)=O)NN)c(C)c(C)c2O1. The number of primary amides is 1. The summed E-state index contributed by atoms with van der Waals surface area (Å²) in [6.07, 6.45) is 18.7. The summed E-state index contributed by atoms with van der Waals surface area (Å²) in [6.45, 7) is 20.0. The number of carbonyl (C=O) groups excluding carboxylic acids is 4. The number of esters is 1. The van der Waals surface area contributed by atoms with E-state index in [2.05, 4.69) is 60.8 Å². The van der Waals surface area contributed by atoms with Crippen LogP contribution in [0.1, 0.15) is 153 Å². The zero-order chi connectivity index (χ0) is 44.7. The van der Waals surface area contributed by atoms with E-state index in [9.17, 15) is 24.1 Å². The van der Waals surface area contributed by atoms with Crippen molar-refractivity contribution in [1.29, 1.82) is 0 Å². The van der Waals surface area contributed by atoms with Crippen LogP contribution < -0.4 is 42.4 Å². The maximum Gasteiger partial charge on any atom is 0.311 e.